The molecule has 0 aliphatic rings. The molecule has 5 nitrogen and oxygen atoms in total. The highest BCUT2D eigenvalue weighted by Gasteiger charge is 2.23. The van der Waals surface area contributed by atoms with Gasteiger partial charge in [-0.1, -0.05) is 26.0 Å². The van der Waals surface area contributed by atoms with Gasteiger partial charge in [0.25, 0.3) is 0 Å². The molecule has 0 aliphatic heterocycles. The molecule has 0 amide bonds. The Labute approximate surface area is 128 Å². The summed E-state index contributed by atoms with van der Waals surface area (Å²) in [6.45, 7) is 6.41. The van der Waals surface area contributed by atoms with Crippen LogP contribution in [0.5, 0.6) is 0 Å². The lowest BCUT2D eigenvalue weighted by Gasteiger charge is -2.29. The molecule has 0 saturated heterocycles. The van der Waals surface area contributed by atoms with Crippen molar-refractivity contribution >= 4 is 15.7 Å². The molecule has 0 unspecified atom stereocenters. The molecule has 0 spiro atoms. The van der Waals surface area contributed by atoms with Crippen molar-refractivity contribution in [2.24, 2.45) is 11.7 Å². The SMILES string of the molecule is CC(C)CN(CCCN)c1ccccc1S(=O)(=O)N(C)C. The van der Waals surface area contributed by atoms with Gasteiger partial charge in [0.2, 0.25) is 10.0 Å². The van der Waals surface area contributed by atoms with Gasteiger partial charge in [0, 0.05) is 27.2 Å². The minimum Gasteiger partial charge on any atom is -0.370 e. The van der Waals surface area contributed by atoms with Gasteiger partial charge in [-0.2, -0.15) is 0 Å². The molecule has 0 atom stereocenters. The van der Waals surface area contributed by atoms with Gasteiger partial charge in [0.15, 0.2) is 0 Å². The highest BCUT2D eigenvalue weighted by Crippen LogP contribution is 2.27. The molecule has 1 aromatic carbocycles. The van der Waals surface area contributed by atoms with E-state index >= 15 is 0 Å². The van der Waals surface area contributed by atoms with Gasteiger partial charge in [-0.05, 0) is 31.0 Å². The van der Waals surface area contributed by atoms with Gasteiger partial charge >= 0.3 is 0 Å². The van der Waals surface area contributed by atoms with Crippen molar-refractivity contribution < 1.29 is 8.42 Å². The Morgan fingerprint density at radius 3 is 2.33 bits per heavy atom. The third kappa shape index (κ3) is 4.69. The first-order valence-electron chi connectivity index (χ1n) is 7.27. The van der Waals surface area contributed by atoms with Gasteiger partial charge in [-0.15, -0.1) is 0 Å². The summed E-state index contributed by atoms with van der Waals surface area (Å²) in [7, 11) is -0.344. The van der Waals surface area contributed by atoms with Crippen molar-refractivity contribution in [1.29, 1.82) is 0 Å². The molecular weight excluding hydrogens is 286 g/mol. The molecule has 120 valence electrons. The summed E-state index contributed by atoms with van der Waals surface area (Å²) < 4.78 is 26.2. The van der Waals surface area contributed by atoms with Crippen LogP contribution in [0.2, 0.25) is 0 Å². The molecular formula is C15H27N3O2S. The summed E-state index contributed by atoms with van der Waals surface area (Å²) in [5.41, 5.74) is 6.36. The number of hydrogen-bond donors (Lipinski definition) is 1. The van der Waals surface area contributed by atoms with E-state index in [0.717, 1.165) is 25.2 Å². The van der Waals surface area contributed by atoms with Gasteiger partial charge in [0.05, 0.1) is 5.69 Å². The Kier molecular flexibility index (Phi) is 6.64. The quantitative estimate of drug-likeness (QED) is 0.794. The first-order valence-corrected chi connectivity index (χ1v) is 8.71. The molecule has 21 heavy (non-hydrogen) atoms. The molecule has 0 fully saturated rings. The van der Waals surface area contributed by atoms with E-state index in [2.05, 4.69) is 18.7 Å². The number of para-hydroxylation sites is 1. The summed E-state index contributed by atoms with van der Waals surface area (Å²) in [5, 5.41) is 0. The summed E-state index contributed by atoms with van der Waals surface area (Å²) in [6.07, 6.45) is 0.836. The number of rotatable bonds is 8. The summed E-state index contributed by atoms with van der Waals surface area (Å²) in [4.78, 5) is 2.47. The maximum Gasteiger partial charge on any atom is 0.244 e. The lowest BCUT2D eigenvalue weighted by atomic mass is 10.1. The van der Waals surface area contributed by atoms with E-state index in [4.69, 9.17) is 5.73 Å². The Morgan fingerprint density at radius 1 is 1.19 bits per heavy atom. The zero-order valence-electron chi connectivity index (χ0n) is 13.4. The third-order valence-corrected chi connectivity index (χ3v) is 5.04. The van der Waals surface area contributed by atoms with Gasteiger partial charge < -0.3 is 10.6 Å². The average molecular weight is 313 g/mol. The highest BCUT2D eigenvalue weighted by atomic mass is 32.2. The Balaban J connectivity index is 3.25. The normalized spacial score (nSPS) is 12.1. The van der Waals surface area contributed by atoms with Crippen LogP contribution in [0.4, 0.5) is 5.69 Å². The van der Waals surface area contributed by atoms with Gasteiger partial charge in [0.1, 0.15) is 4.90 Å². The van der Waals surface area contributed by atoms with Crippen molar-refractivity contribution in [3.8, 4) is 0 Å². The van der Waals surface area contributed by atoms with Crippen LogP contribution >= 0.6 is 0 Å². The predicted molar refractivity (Wildman–Crippen MR) is 88.0 cm³/mol. The van der Waals surface area contributed by atoms with E-state index in [0.29, 0.717) is 17.4 Å². The maximum atomic E-state index is 12.5. The summed E-state index contributed by atoms with van der Waals surface area (Å²) >= 11 is 0. The van der Waals surface area contributed by atoms with Crippen LogP contribution in [0, 0.1) is 5.92 Å². The molecule has 2 N–H and O–H groups in total. The number of anilines is 1. The van der Waals surface area contributed by atoms with E-state index in [-0.39, 0.29) is 0 Å². The van der Waals surface area contributed by atoms with Crippen molar-refractivity contribution in [2.45, 2.75) is 25.2 Å². The lowest BCUT2D eigenvalue weighted by Crippen LogP contribution is -2.32. The number of nitrogens with two attached hydrogens (primary N) is 1. The molecule has 1 rings (SSSR count). The largest absolute Gasteiger partial charge is 0.370 e. The van der Waals surface area contributed by atoms with Crippen LogP contribution in [-0.4, -0.2) is 46.5 Å². The second-order valence-corrected chi connectivity index (χ2v) is 7.86. The third-order valence-electron chi connectivity index (χ3n) is 3.18. The maximum absolute atomic E-state index is 12.5. The molecule has 0 radical (unpaired) electrons. The van der Waals surface area contributed by atoms with Crippen molar-refractivity contribution in [3.05, 3.63) is 24.3 Å². The van der Waals surface area contributed by atoms with E-state index in [1.807, 2.05) is 12.1 Å². The van der Waals surface area contributed by atoms with Crippen molar-refractivity contribution in [3.63, 3.8) is 0 Å². The number of nitrogens with zero attached hydrogens (tertiary/aromatic N) is 2. The molecule has 0 aromatic heterocycles. The first kappa shape index (κ1) is 17.9. The Hall–Kier alpha value is -1.11. The van der Waals surface area contributed by atoms with E-state index < -0.39 is 10.0 Å². The number of sulfonamides is 1. The fourth-order valence-corrected chi connectivity index (χ4v) is 3.27. The van der Waals surface area contributed by atoms with Crippen LogP contribution < -0.4 is 10.6 Å². The van der Waals surface area contributed by atoms with Crippen LogP contribution in [0.25, 0.3) is 0 Å². The Bertz CT molecular complexity index is 542. The van der Waals surface area contributed by atoms with Gasteiger partial charge in [-0.25, -0.2) is 12.7 Å². The van der Waals surface area contributed by atoms with E-state index in [1.165, 1.54) is 4.31 Å². The fraction of sp³-hybridized carbons (Fsp3) is 0.600. The molecule has 0 saturated carbocycles. The minimum absolute atomic E-state index is 0.354. The highest BCUT2D eigenvalue weighted by molar-refractivity contribution is 7.89. The smallest absolute Gasteiger partial charge is 0.244 e. The van der Waals surface area contributed by atoms with Crippen LogP contribution in [0.1, 0.15) is 20.3 Å². The topological polar surface area (TPSA) is 66.6 Å². The van der Waals surface area contributed by atoms with E-state index in [9.17, 15) is 8.42 Å². The number of benzene rings is 1. The second kappa shape index (κ2) is 7.77. The molecule has 1 aromatic rings. The zero-order chi connectivity index (χ0) is 16.0. The minimum atomic E-state index is -3.45. The zero-order valence-corrected chi connectivity index (χ0v) is 14.2. The van der Waals surface area contributed by atoms with Crippen molar-refractivity contribution in [2.75, 3.05) is 38.6 Å². The standard InChI is InChI=1S/C15H27N3O2S/c1-13(2)12-18(11-7-10-16)14-8-5-6-9-15(14)21(19,20)17(3)4/h5-6,8-9,13H,7,10-12,16H2,1-4H3. The molecule has 0 bridgehead atoms. The molecule has 6 heteroatoms. The Morgan fingerprint density at radius 2 is 1.81 bits per heavy atom. The second-order valence-electron chi connectivity index (χ2n) is 5.74. The molecule has 0 heterocycles. The average Bonchev–Trinajstić information content (AvgIpc) is 2.43. The van der Waals surface area contributed by atoms with Crippen LogP contribution in [-0.2, 0) is 10.0 Å². The first-order chi connectivity index (χ1) is 9.80. The fourth-order valence-electron chi connectivity index (χ4n) is 2.17. The van der Waals surface area contributed by atoms with E-state index in [1.54, 1.807) is 26.2 Å². The monoisotopic (exact) mass is 313 g/mol. The van der Waals surface area contributed by atoms with Crippen molar-refractivity contribution in [1.82, 2.24) is 4.31 Å². The number of hydrogen-bond acceptors (Lipinski definition) is 4. The van der Waals surface area contributed by atoms with Crippen LogP contribution in [0.3, 0.4) is 0 Å². The predicted octanol–water partition coefficient (Wildman–Crippen LogP) is 1.75. The summed E-state index contributed by atoms with van der Waals surface area (Å²) in [5.74, 6) is 0.442. The molecule has 0 aliphatic carbocycles. The summed E-state index contributed by atoms with van der Waals surface area (Å²) in [6, 6.07) is 7.17. The lowest BCUT2D eigenvalue weighted by molar-refractivity contribution is 0.519. The van der Waals surface area contributed by atoms with Crippen LogP contribution in [0.15, 0.2) is 29.2 Å². The van der Waals surface area contributed by atoms with Gasteiger partial charge in [-0.3, -0.25) is 0 Å².